The quantitative estimate of drug-likeness (QED) is 0.619. The van der Waals surface area contributed by atoms with Crippen LogP contribution in [0.25, 0.3) is 10.6 Å². The number of nitrogens with one attached hydrogen (secondary N) is 2. The van der Waals surface area contributed by atoms with Crippen molar-refractivity contribution in [3.05, 3.63) is 29.8 Å². The minimum Gasteiger partial charge on any atom is -0.481 e. The van der Waals surface area contributed by atoms with Crippen molar-refractivity contribution in [1.82, 2.24) is 19.8 Å². The van der Waals surface area contributed by atoms with Gasteiger partial charge in [-0.25, -0.2) is 17.9 Å². The molecule has 3 aromatic rings. The van der Waals surface area contributed by atoms with Gasteiger partial charge in [0.25, 0.3) is 10.0 Å². The lowest BCUT2D eigenvalue weighted by atomic mass is 10.4. The number of hydrogen-bond donors (Lipinski definition) is 2. The van der Waals surface area contributed by atoms with Gasteiger partial charge in [0.1, 0.15) is 4.90 Å². The van der Waals surface area contributed by atoms with Crippen LogP contribution in [0.4, 0.5) is 10.7 Å². The monoisotopic (exact) mass is 411 g/mol. The van der Waals surface area contributed by atoms with Crippen molar-refractivity contribution >= 4 is 33.3 Å². The molecule has 0 aliphatic rings. The molecule has 3 rings (SSSR count). The van der Waals surface area contributed by atoms with Crippen molar-refractivity contribution in [3.63, 3.8) is 0 Å². The molecule has 0 aliphatic heterocycles. The Balaban J connectivity index is 1.79. The Hall–Kier alpha value is -3.19. The molecule has 142 valence electrons. The second-order valence-electron chi connectivity index (χ2n) is 4.83. The third-order valence-corrected chi connectivity index (χ3v) is 5.56. The Kier molecular flexibility index (Phi) is 5.23. The Morgan fingerprint density at radius 2 is 1.89 bits per heavy atom. The van der Waals surface area contributed by atoms with E-state index in [-0.39, 0.29) is 28.4 Å². The summed E-state index contributed by atoms with van der Waals surface area (Å²) < 4.78 is 41.9. The first-order valence-corrected chi connectivity index (χ1v) is 9.58. The van der Waals surface area contributed by atoms with Gasteiger partial charge in [-0.1, -0.05) is 5.16 Å². The second kappa shape index (κ2) is 7.59. The van der Waals surface area contributed by atoms with Crippen LogP contribution in [0.2, 0.25) is 0 Å². The van der Waals surface area contributed by atoms with Gasteiger partial charge in [-0.2, -0.15) is 9.97 Å². The summed E-state index contributed by atoms with van der Waals surface area (Å²) in [5, 5.41) is 7.32. The fraction of sp³-hybridized carbons (Fsp3) is 0.143. The summed E-state index contributed by atoms with van der Waals surface area (Å²) in [5.74, 6) is 0.335. The van der Waals surface area contributed by atoms with Gasteiger partial charge >= 0.3 is 6.03 Å². The van der Waals surface area contributed by atoms with Crippen molar-refractivity contribution in [2.75, 3.05) is 19.5 Å². The lowest BCUT2D eigenvalue weighted by Gasteiger charge is -2.09. The summed E-state index contributed by atoms with van der Waals surface area (Å²) in [7, 11) is -1.44. The molecule has 27 heavy (non-hydrogen) atoms. The Morgan fingerprint density at radius 3 is 2.48 bits per heavy atom. The van der Waals surface area contributed by atoms with Gasteiger partial charge in [-0.15, -0.1) is 11.3 Å². The van der Waals surface area contributed by atoms with E-state index in [4.69, 9.17) is 14.0 Å². The molecule has 3 aromatic heterocycles. The van der Waals surface area contributed by atoms with E-state index < -0.39 is 16.1 Å². The van der Waals surface area contributed by atoms with E-state index >= 15 is 0 Å². The maximum Gasteiger partial charge on any atom is 0.335 e. The molecule has 0 saturated heterocycles. The molecular weight excluding hydrogens is 398 g/mol. The first-order chi connectivity index (χ1) is 12.9. The number of ether oxygens (including phenoxy) is 2. The number of nitrogens with zero attached hydrogens (tertiary/aromatic N) is 3. The lowest BCUT2D eigenvalue weighted by molar-refractivity contribution is 0.256. The molecule has 13 heteroatoms. The molecule has 2 amide bonds. The van der Waals surface area contributed by atoms with Gasteiger partial charge in [-0.3, -0.25) is 5.32 Å². The van der Waals surface area contributed by atoms with Crippen molar-refractivity contribution in [3.8, 4) is 22.4 Å². The molecule has 3 heterocycles. The molecule has 0 aromatic carbocycles. The molecule has 0 radical (unpaired) electrons. The first-order valence-electron chi connectivity index (χ1n) is 7.22. The summed E-state index contributed by atoms with van der Waals surface area (Å²) in [6.45, 7) is 0. The average Bonchev–Trinajstić information content (AvgIpc) is 3.31. The van der Waals surface area contributed by atoms with E-state index in [0.717, 1.165) is 11.3 Å². The second-order valence-corrected chi connectivity index (χ2v) is 7.39. The average molecular weight is 411 g/mol. The number of carbonyl (C=O) groups excluding carboxylic acids is 1. The number of sulfonamides is 1. The van der Waals surface area contributed by atoms with Crippen LogP contribution in [0.3, 0.4) is 0 Å². The molecule has 0 unspecified atom stereocenters. The van der Waals surface area contributed by atoms with Crippen LogP contribution in [-0.4, -0.2) is 43.8 Å². The molecule has 0 fully saturated rings. The zero-order valence-corrected chi connectivity index (χ0v) is 15.6. The minimum atomic E-state index is -4.18. The molecule has 0 aliphatic carbocycles. The number of hydrogen-bond acceptors (Lipinski definition) is 10. The van der Waals surface area contributed by atoms with Crippen LogP contribution in [0, 0.1) is 0 Å². The predicted molar refractivity (Wildman–Crippen MR) is 94.3 cm³/mol. The highest BCUT2D eigenvalue weighted by molar-refractivity contribution is 7.90. The van der Waals surface area contributed by atoms with Crippen LogP contribution in [-0.2, 0) is 10.0 Å². The highest BCUT2D eigenvalue weighted by Gasteiger charge is 2.25. The van der Waals surface area contributed by atoms with Crippen LogP contribution >= 0.6 is 11.3 Å². The Bertz CT molecular complexity index is 1030. The molecule has 0 saturated carbocycles. The van der Waals surface area contributed by atoms with Crippen LogP contribution < -0.4 is 19.5 Å². The Morgan fingerprint density at radius 1 is 1.19 bits per heavy atom. The van der Waals surface area contributed by atoms with Crippen LogP contribution in [0.1, 0.15) is 0 Å². The summed E-state index contributed by atoms with van der Waals surface area (Å²) in [6, 6.07) is 3.21. The molecular formula is C14H13N5O6S2. The third kappa shape index (κ3) is 4.15. The number of thiophene rings is 1. The first kappa shape index (κ1) is 18.6. The molecule has 0 atom stereocenters. The number of rotatable bonds is 6. The summed E-state index contributed by atoms with van der Waals surface area (Å²) >= 11 is 1.13. The topological polar surface area (TPSA) is 146 Å². The smallest absolute Gasteiger partial charge is 0.335 e. The van der Waals surface area contributed by atoms with Gasteiger partial charge < -0.3 is 14.0 Å². The summed E-state index contributed by atoms with van der Waals surface area (Å²) in [6.07, 6.45) is 1.39. The zero-order chi connectivity index (χ0) is 19.4. The number of aromatic nitrogens is 3. The zero-order valence-electron chi connectivity index (χ0n) is 14.0. The molecule has 11 nitrogen and oxygen atoms in total. The van der Waals surface area contributed by atoms with Crippen LogP contribution in [0.15, 0.2) is 39.2 Å². The number of carbonyl (C=O) groups is 1. The lowest BCUT2D eigenvalue weighted by Crippen LogP contribution is -2.34. The normalized spacial score (nSPS) is 11.0. The molecule has 0 bridgehead atoms. The van der Waals surface area contributed by atoms with E-state index in [1.54, 1.807) is 5.38 Å². The SMILES string of the molecule is COc1cc(OC)nc(NC(=O)NS(=O)(=O)c2ccsc2-c2ccno2)n1. The molecule has 0 spiro atoms. The van der Waals surface area contributed by atoms with Gasteiger partial charge in [0.15, 0.2) is 5.76 Å². The van der Waals surface area contributed by atoms with Crippen molar-refractivity contribution in [2.45, 2.75) is 4.90 Å². The number of urea groups is 1. The standard InChI is InChI=1S/C14H13N5O6S2/c1-23-10-7-11(24-2)17-13(16-10)18-14(20)19-27(21,22)9-4-6-26-12(9)8-3-5-15-25-8/h3-7H,1-2H3,(H2,16,17,18,19,20). The van der Waals surface area contributed by atoms with Gasteiger partial charge in [0, 0.05) is 6.07 Å². The molecule has 2 N–H and O–H groups in total. The fourth-order valence-electron chi connectivity index (χ4n) is 1.99. The Labute approximate surface area is 157 Å². The van der Waals surface area contributed by atoms with E-state index in [0.29, 0.717) is 4.88 Å². The number of methoxy groups -OCH3 is 2. The summed E-state index contributed by atoms with van der Waals surface area (Å²) in [4.78, 5) is 20.1. The van der Waals surface area contributed by atoms with E-state index in [2.05, 4.69) is 20.4 Å². The number of amides is 2. The van der Waals surface area contributed by atoms with Gasteiger partial charge in [-0.05, 0) is 11.4 Å². The summed E-state index contributed by atoms with van der Waals surface area (Å²) in [5.41, 5.74) is 0. The van der Waals surface area contributed by atoms with E-state index in [1.807, 2.05) is 4.72 Å². The van der Waals surface area contributed by atoms with Gasteiger partial charge in [0.05, 0.1) is 31.4 Å². The van der Waals surface area contributed by atoms with Crippen LogP contribution in [0.5, 0.6) is 11.8 Å². The third-order valence-electron chi connectivity index (χ3n) is 3.13. The number of anilines is 1. The highest BCUT2D eigenvalue weighted by atomic mass is 32.2. The van der Waals surface area contributed by atoms with Crippen molar-refractivity contribution in [2.24, 2.45) is 0 Å². The van der Waals surface area contributed by atoms with Crippen molar-refractivity contribution in [1.29, 1.82) is 0 Å². The largest absolute Gasteiger partial charge is 0.481 e. The maximum absolute atomic E-state index is 12.5. The fourth-order valence-corrected chi connectivity index (χ4v) is 4.30. The van der Waals surface area contributed by atoms with E-state index in [9.17, 15) is 13.2 Å². The van der Waals surface area contributed by atoms with E-state index in [1.165, 1.54) is 38.6 Å². The van der Waals surface area contributed by atoms with Gasteiger partial charge in [0.2, 0.25) is 17.7 Å². The predicted octanol–water partition coefficient (Wildman–Crippen LogP) is 1.72. The highest BCUT2D eigenvalue weighted by Crippen LogP contribution is 2.32. The maximum atomic E-state index is 12.5. The minimum absolute atomic E-state index is 0.122. The van der Waals surface area contributed by atoms with Crippen molar-refractivity contribution < 1.29 is 27.2 Å².